The number of carbonyl (C=O) groups is 1. The third-order valence-electron chi connectivity index (χ3n) is 5.46. The Labute approximate surface area is 195 Å². The summed E-state index contributed by atoms with van der Waals surface area (Å²) in [5.74, 6) is -0.410. The third-order valence-corrected chi connectivity index (χ3v) is 5.46. The summed E-state index contributed by atoms with van der Waals surface area (Å²) in [5.41, 5.74) is 2.53. The van der Waals surface area contributed by atoms with Gasteiger partial charge in [0.25, 0.3) is 11.6 Å². The molecule has 1 amide bonds. The zero-order valence-corrected chi connectivity index (χ0v) is 18.7. The molecular formula is C26H22N4O4. The average molecular weight is 454 g/mol. The predicted octanol–water partition coefficient (Wildman–Crippen LogP) is 4.93. The van der Waals surface area contributed by atoms with Crippen molar-refractivity contribution in [3.05, 3.63) is 116 Å². The van der Waals surface area contributed by atoms with Gasteiger partial charge in [-0.3, -0.25) is 19.7 Å². The fourth-order valence-corrected chi connectivity index (χ4v) is 3.63. The standard InChI is InChI=1S/C26H22N4O4/c1-3-18-12-14-21(15-13-18)29-25(27-26(32)20-10-7-11-22(16-20)30(33)34)23(24(31)17(2)28-29)19-8-5-4-6-9-19/h4-16H,3H2,1-2H3,(H,27,32). The van der Waals surface area contributed by atoms with Crippen molar-refractivity contribution in [1.29, 1.82) is 0 Å². The quantitative estimate of drug-likeness (QED) is 0.328. The van der Waals surface area contributed by atoms with Crippen LogP contribution in [0, 0.1) is 17.0 Å². The molecule has 0 radical (unpaired) electrons. The molecule has 0 atom stereocenters. The van der Waals surface area contributed by atoms with Crippen LogP contribution in [-0.4, -0.2) is 20.6 Å². The molecule has 0 spiro atoms. The Kier molecular flexibility index (Phi) is 6.31. The maximum Gasteiger partial charge on any atom is 0.270 e. The number of hydrogen-bond donors (Lipinski definition) is 1. The predicted molar refractivity (Wildman–Crippen MR) is 130 cm³/mol. The molecule has 4 rings (SSSR count). The van der Waals surface area contributed by atoms with Crippen LogP contribution in [0.15, 0.2) is 83.7 Å². The number of anilines is 1. The van der Waals surface area contributed by atoms with E-state index in [-0.39, 0.29) is 33.8 Å². The van der Waals surface area contributed by atoms with E-state index in [1.807, 2.05) is 30.3 Å². The highest BCUT2D eigenvalue weighted by Crippen LogP contribution is 2.28. The summed E-state index contributed by atoms with van der Waals surface area (Å²) in [5, 5.41) is 18.4. The van der Waals surface area contributed by atoms with E-state index < -0.39 is 10.8 Å². The lowest BCUT2D eigenvalue weighted by Crippen LogP contribution is -2.25. The highest BCUT2D eigenvalue weighted by Gasteiger charge is 2.21. The summed E-state index contributed by atoms with van der Waals surface area (Å²) in [6.07, 6.45) is 0.864. The van der Waals surface area contributed by atoms with E-state index in [9.17, 15) is 19.7 Å². The summed E-state index contributed by atoms with van der Waals surface area (Å²) in [7, 11) is 0. The van der Waals surface area contributed by atoms with Crippen LogP contribution < -0.4 is 10.7 Å². The molecule has 0 unspecified atom stereocenters. The number of carbonyl (C=O) groups excluding carboxylic acids is 1. The van der Waals surface area contributed by atoms with Gasteiger partial charge in [-0.2, -0.15) is 5.10 Å². The second-order valence-corrected chi connectivity index (χ2v) is 7.70. The largest absolute Gasteiger partial charge is 0.306 e. The molecular weight excluding hydrogens is 432 g/mol. The van der Waals surface area contributed by atoms with E-state index in [1.54, 1.807) is 31.2 Å². The van der Waals surface area contributed by atoms with Crippen molar-refractivity contribution >= 4 is 17.4 Å². The minimum absolute atomic E-state index is 0.0918. The van der Waals surface area contributed by atoms with E-state index in [0.717, 1.165) is 12.0 Å². The van der Waals surface area contributed by atoms with Gasteiger partial charge in [0.2, 0.25) is 5.43 Å². The summed E-state index contributed by atoms with van der Waals surface area (Å²) >= 11 is 0. The molecule has 0 aliphatic heterocycles. The van der Waals surface area contributed by atoms with Gasteiger partial charge >= 0.3 is 0 Å². The average Bonchev–Trinajstić information content (AvgIpc) is 2.87. The third kappa shape index (κ3) is 4.47. The van der Waals surface area contributed by atoms with E-state index in [0.29, 0.717) is 11.3 Å². The van der Waals surface area contributed by atoms with Gasteiger partial charge in [0.1, 0.15) is 11.5 Å². The van der Waals surface area contributed by atoms with Gasteiger partial charge < -0.3 is 5.32 Å². The van der Waals surface area contributed by atoms with Crippen molar-refractivity contribution in [2.24, 2.45) is 0 Å². The molecule has 1 N–H and O–H groups in total. The Bertz CT molecular complexity index is 1430. The molecule has 34 heavy (non-hydrogen) atoms. The highest BCUT2D eigenvalue weighted by atomic mass is 16.6. The number of nitro benzene ring substituents is 1. The smallest absolute Gasteiger partial charge is 0.270 e. The van der Waals surface area contributed by atoms with E-state index in [2.05, 4.69) is 17.3 Å². The summed E-state index contributed by atoms with van der Waals surface area (Å²) in [4.78, 5) is 37.0. The molecule has 0 saturated carbocycles. The zero-order chi connectivity index (χ0) is 24.2. The number of nitrogens with zero attached hydrogens (tertiary/aromatic N) is 3. The van der Waals surface area contributed by atoms with Crippen LogP contribution in [0.2, 0.25) is 0 Å². The Balaban J connectivity index is 1.92. The van der Waals surface area contributed by atoms with Crippen molar-refractivity contribution in [1.82, 2.24) is 9.78 Å². The SMILES string of the molecule is CCc1ccc(-n2nc(C)c(=O)c(-c3ccccc3)c2NC(=O)c2cccc([N+](=O)[O-])c2)cc1. The van der Waals surface area contributed by atoms with Crippen molar-refractivity contribution in [2.45, 2.75) is 20.3 Å². The van der Waals surface area contributed by atoms with Crippen LogP contribution in [0.5, 0.6) is 0 Å². The number of benzene rings is 3. The second-order valence-electron chi connectivity index (χ2n) is 7.70. The number of non-ortho nitro benzene ring substituents is 1. The topological polar surface area (TPSA) is 107 Å². The monoisotopic (exact) mass is 454 g/mol. The number of amides is 1. The molecule has 0 aliphatic carbocycles. The van der Waals surface area contributed by atoms with Gasteiger partial charge in [-0.15, -0.1) is 0 Å². The first-order valence-electron chi connectivity index (χ1n) is 10.7. The molecule has 0 saturated heterocycles. The van der Waals surface area contributed by atoms with Crippen LogP contribution in [0.4, 0.5) is 11.5 Å². The fourth-order valence-electron chi connectivity index (χ4n) is 3.63. The zero-order valence-electron chi connectivity index (χ0n) is 18.7. The van der Waals surface area contributed by atoms with Crippen molar-refractivity contribution in [3.8, 4) is 16.8 Å². The summed E-state index contributed by atoms with van der Waals surface area (Å²) in [6, 6.07) is 22.1. The second kappa shape index (κ2) is 9.50. The highest BCUT2D eigenvalue weighted by molar-refractivity contribution is 6.06. The summed E-state index contributed by atoms with van der Waals surface area (Å²) < 4.78 is 1.52. The van der Waals surface area contributed by atoms with Gasteiger partial charge in [-0.25, -0.2) is 4.68 Å². The van der Waals surface area contributed by atoms with Crippen molar-refractivity contribution in [3.63, 3.8) is 0 Å². The van der Waals surface area contributed by atoms with Crippen LogP contribution in [-0.2, 0) is 6.42 Å². The molecule has 3 aromatic carbocycles. The van der Waals surface area contributed by atoms with Crippen molar-refractivity contribution in [2.75, 3.05) is 5.32 Å². The van der Waals surface area contributed by atoms with Crippen LogP contribution in [0.1, 0.15) is 28.5 Å². The van der Waals surface area contributed by atoms with Crippen LogP contribution in [0.25, 0.3) is 16.8 Å². The summed E-state index contributed by atoms with van der Waals surface area (Å²) in [6.45, 7) is 3.67. The number of aromatic nitrogens is 2. The maximum absolute atomic E-state index is 13.2. The molecule has 0 fully saturated rings. The molecule has 1 aromatic heterocycles. The lowest BCUT2D eigenvalue weighted by molar-refractivity contribution is -0.384. The van der Waals surface area contributed by atoms with Gasteiger partial charge in [0.15, 0.2) is 0 Å². The molecule has 8 heteroatoms. The van der Waals surface area contributed by atoms with E-state index >= 15 is 0 Å². The molecule has 4 aromatic rings. The minimum Gasteiger partial charge on any atom is -0.306 e. The molecule has 0 aliphatic rings. The number of nitro groups is 1. The number of rotatable bonds is 6. The number of aryl methyl sites for hydroxylation is 2. The first-order valence-corrected chi connectivity index (χ1v) is 10.7. The van der Waals surface area contributed by atoms with Gasteiger partial charge in [-0.05, 0) is 42.7 Å². The van der Waals surface area contributed by atoms with Crippen LogP contribution in [0.3, 0.4) is 0 Å². The van der Waals surface area contributed by atoms with E-state index in [1.165, 1.54) is 28.9 Å². The maximum atomic E-state index is 13.2. The van der Waals surface area contributed by atoms with Crippen LogP contribution >= 0.6 is 0 Å². The first-order chi connectivity index (χ1) is 16.4. The Morgan fingerprint density at radius 3 is 2.38 bits per heavy atom. The molecule has 170 valence electrons. The first kappa shape index (κ1) is 22.6. The molecule has 0 bridgehead atoms. The van der Waals surface area contributed by atoms with Gasteiger partial charge in [-0.1, -0.05) is 55.5 Å². The van der Waals surface area contributed by atoms with Gasteiger partial charge in [0, 0.05) is 17.7 Å². The van der Waals surface area contributed by atoms with Crippen molar-refractivity contribution < 1.29 is 9.72 Å². The number of hydrogen-bond acceptors (Lipinski definition) is 5. The Morgan fingerprint density at radius 1 is 1.03 bits per heavy atom. The minimum atomic E-state index is -0.593. The number of nitrogens with one attached hydrogen (secondary N) is 1. The fraction of sp³-hybridized carbons (Fsp3) is 0.115. The van der Waals surface area contributed by atoms with E-state index in [4.69, 9.17) is 0 Å². The lowest BCUT2D eigenvalue weighted by atomic mass is 10.0. The Morgan fingerprint density at radius 2 is 1.74 bits per heavy atom. The molecule has 8 nitrogen and oxygen atoms in total. The van der Waals surface area contributed by atoms with Gasteiger partial charge in [0.05, 0.1) is 16.2 Å². The lowest BCUT2D eigenvalue weighted by Gasteiger charge is -2.18. The molecule has 1 heterocycles. The Hall–Kier alpha value is -4.59. The normalized spacial score (nSPS) is 10.6.